The van der Waals surface area contributed by atoms with Gasteiger partial charge in [0.05, 0.1) is 27.9 Å². The second kappa shape index (κ2) is 8.70. The van der Waals surface area contributed by atoms with Crippen molar-refractivity contribution >= 4 is 29.3 Å². The van der Waals surface area contributed by atoms with Crippen molar-refractivity contribution in [3.05, 3.63) is 113 Å². The van der Waals surface area contributed by atoms with E-state index in [2.05, 4.69) is 0 Å². The maximum absolute atomic E-state index is 13.3. The van der Waals surface area contributed by atoms with E-state index in [0.717, 1.165) is 15.4 Å². The van der Waals surface area contributed by atoms with Crippen LogP contribution in [0.1, 0.15) is 47.0 Å². The largest absolute Gasteiger partial charge is 0.457 e. The first-order valence-corrected chi connectivity index (χ1v) is 11.8. The Morgan fingerprint density at radius 1 is 0.526 bits per heavy atom. The van der Waals surface area contributed by atoms with Gasteiger partial charge in [0.2, 0.25) is 0 Å². The van der Waals surface area contributed by atoms with Crippen molar-refractivity contribution in [1.29, 1.82) is 0 Å². The first kappa shape index (κ1) is 23.2. The van der Waals surface area contributed by atoms with Gasteiger partial charge in [-0.05, 0) is 73.2 Å². The van der Waals surface area contributed by atoms with Gasteiger partial charge in [0.25, 0.3) is 23.6 Å². The number of imide groups is 2. The molecular formula is C30H20N2O6. The molecule has 4 aromatic rings. The van der Waals surface area contributed by atoms with E-state index in [1.807, 2.05) is 31.2 Å². The number of hydrogen-bond acceptors (Lipinski definition) is 6. The van der Waals surface area contributed by atoms with Crippen LogP contribution in [0.2, 0.25) is 0 Å². The fraction of sp³-hybridized carbons (Fsp3) is 0.0667. The SMILES string of the molecule is Cc1cccc(Oc2cccc(N3C(=O)c4ccc(Oc5ccc6c(c5)C(=O)N(C)C6=O)cc4C3=O)c2)c1. The van der Waals surface area contributed by atoms with E-state index >= 15 is 0 Å². The fourth-order valence-corrected chi connectivity index (χ4v) is 4.56. The van der Waals surface area contributed by atoms with E-state index in [1.54, 1.807) is 36.4 Å². The van der Waals surface area contributed by atoms with E-state index in [9.17, 15) is 19.2 Å². The number of rotatable bonds is 5. The second-order valence-corrected chi connectivity index (χ2v) is 9.05. The van der Waals surface area contributed by atoms with Gasteiger partial charge < -0.3 is 9.47 Å². The van der Waals surface area contributed by atoms with Gasteiger partial charge >= 0.3 is 0 Å². The maximum Gasteiger partial charge on any atom is 0.266 e. The van der Waals surface area contributed by atoms with Crippen molar-refractivity contribution in [3.8, 4) is 23.0 Å². The minimum atomic E-state index is -0.487. The minimum absolute atomic E-state index is 0.199. The van der Waals surface area contributed by atoms with Crippen LogP contribution in [0.25, 0.3) is 0 Å². The molecule has 6 rings (SSSR count). The standard InChI is InChI=1S/C30H20N2O6/c1-17-5-3-7-19(13-17)37-20-8-4-6-18(14-20)32-29(35)24-12-10-22(16-26(24)30(32)36)38-21-9-11-23-25(15-21)28(34)31(2)27(23)33/h3-16H,1-2H3. The predicted octanol–water partition coefficient (Wildman–Crippen LogP) is 5.61. The molecule has 0 fully saturated rings. The molecule has 0 saturated heterocycles. The number of amides is 4. The van der Waals surface area contributed by atoms with Crippen LogP contribution in [0.15, 0.2) is 84.9 Å². The molecule has 0 aromatic heterocycles. The highest BCUT2D eigenvalue weighted by molar-refractivity contribution is 6.34. The molecule has 0 spiro atoms. The van der Waals surface area contributed by atoms with Crippen molar-refractivity contribution in [3.63, 3.8) is 0 Å². The lowest BCUT2D eigenvalue weighted by atomic mass is 10.1. The third kappa shape index (κ3) is 3.79. The molecule has 0 N–H and O–H groups in total. The smallest absolute Gasteiger partial charge is 0.266 e. The van der Waals surface area contributed by atoms with E-state index in [-0.39, 0.29) is 22.6 Å². The number of hydrogen-bond donors (Lipinski definition) is 0. The molecule has 186 valence electrons. The van der Waals surface area contributed by atoms with Gasteiger partial charge in [-0.15, -0.1) is 0 Å². The molecule has 0 saturated carbocycles. The fourth-order valence-electron chi connectivity index (χ4n) is 4.56. The quantitative estimate of drug-likeness (QED) is 0.328. The Balaban J connectivity index is 1.25. The number of ether oxygens (including phenoxy) is 2. The summed E-state index contributed by atoms with van der Waals surface area (Å²) in [4.78, 5) is 53.1. The van der Waals surface area contributed by atoms with Crippen LogP contribution >= 0.6 is 0 Å². The summed E-state index contributed by atoms with van der Waals surface area (Å²) in [7, 11) is 1.42. The first-order valence-electron chi connectivity index (χ1n) is 11.8. The molecule has 4 aromatic carbocycles. The van der Waals surface area contributed by atoms with Gasteiger partial charge in [-0.25, -0.2) is 4.90 Å². The zero-order valence-electron chi connectivity index (χ0n) is 20.4. The average Bonchev–Trinajstić information content (AvgIpc) is 3.28. The lowest BCUT2D eigenvalue weighted by Crippen LogP contribution is -2.29. The summed E-state index contributed by atoms with van der Waals surface area (Å²) >= 11 is 0. The van der Waals surface area contributed by atoms with Crippen LogP contribution in [-0.4, -0.2) is 35.6 Å². The monoisotopic (exact) mass is 504 g/mol. The number of benzene rings is 4. The summed E-state index contributed by atoms with van der Waals surface area (Å²) in [6, 6.07) is 23.6. The Bertz CT molecular complexity index is 1690. The van der Waals surface area contributed by atoms with Crippen molar-refractivity contribution in [1.82, 2.24) is 4.90 Å². The molecule has 2 heterocycles. The average molecular weight is 504 g/mol. The van der Waals surface area contributed by atoms with Gasteiger partial charge in [-0.3, -0.25) is 24.1 Å². The van der Waals surface area contributed by atoms with Crippen LogP contribution in [0.5, 0.6) is 23.0 Å². The maximum atomic E-state index is 13.3. The number of anilines is 1. The molecule has 0 unspecified atom stereocenters. The normalized spacial score (nSPS) is 14.2. The zero-order valence-corrected chi connectivity index (χ0v) is 20.4. The highest BCUT2D eigenvalue weighted by Crippen LogP contribution is 2.35. The summed E-state index contributed by atoms with van der Waals surface area (Å²) in [6.07, 6.45) is 0. The van der Waals surface area contributed by atoms with E-state index in [1.165, 1.54) is 31.3 Å². The summed E-state index contributed by atoms with van der Waals surface area (Å²) < 4.78 is 11.8. The topological polar surface area (TPSA) is 93.2 Å². The Morgan fingerprint density at radius 2 is 1.03 bits per heavy atom. The number of carbonyl (C=O) groups excluding carboxylic acids is 4. The zero-order chi connectivity index (χ0) is 26.6. The summed E-state index contributed by atoms with van der Waals surface area (Å²) in [6.45, 7) is 1.96. The third-order valence-corrected chi connectivity index (χ3v) is 6.46. The molecule has 2 aliphatic rings. The molecule has 38 heavy (non-hydrogen) atoms. The molecule has 8 nitrogen and oxygen atoms in total. The first-order chi connectivity index (χ1) is 18.3. The Kier molecular flexibility index (Phi) is 5.31. The number of nitrogens with zero attached hydrogens (tertiary/aromatic N) is 2. The lowest BCUT2D eigenvalue weighted by molar-refractivity contribution is 0.0692. The lowest BCUT2D eigenvalue weighted by Gasteiger charge is -2.15. The molecule has 8 heteroatoms. The number of fused-ring (bicyclic) bond motifs is 2. The Hall–Kier alpha value is -5.24. The van der Waals surface area contributed by atoms with Crippen molar-refractivity contribution in [2.45, 2.75) is 6.92 Å². The van der Waals surface area contributed by atoms with Gasteiger partial charge in [-0.2, -0.15) is 0 Å². The van der Waals surface area contributed by atoms with Gasteiger partial charge in [0.1, 0.15) is 23.0 Å². The summed E-state index contributed by atoms with van der Waals surface area (Å²) in [5, 5.41) is 0. The predicted molar refractivity (Wildman–Crippen MR) is 138 cm³/mol. The van der Waals surface area contributed by atoms with Crippen LogP contribution in [-0.2, 0) is 0 Å². The minimum Gasteiger partial charge on any atom is -0.457 e. The second-order valence-electron chi connectivity index (χ2n) is 9.05. The summed E-state index contributed by atoms with van der Waals surface area (Å²) in [5.41, 5.74) is 2.44. The number of aryl methyl sites for hydroxylation is 1. The van der Waals surface area contributed by atoms with Crippen LogP contribution in [0.4, 0.5) is 5.69 Å². The summed E-state index contributed by atoms with van der Waals surface area (Å²) in [5.74, 6) is 0.0668. The van der Waals surface area contributed by atoms with Crippen LogP contribution in [0, 0.1) is 6.92 Å². The molecule has 2 aliphatic heterocycles. The van der Waals surface area contributed by atoms with Gasteiger partial charge in [0.15, 0.2) is 0 Å². The highest BCUT2D eigenvalue weighted by atomic mass is 16.5. The van der Waals surface area contributed by atoms with Crippen molar-refractivity contribution in [2.75, 3.05) is 11.9 Å². The molecule has 0 aliphatic carbocycles. The van der Waals surface area contributed by atoms with Crippen molar-refractivity contribution < 1.29 is 28.7 Å². The van der Waals surface area contributed by atoms with Crippen LogP contribution < -0.4 is 14.4 Å². The van der Waals surface area contributed by atoms with Gasteiger partial charge in [0, 0.05) is 13.1 Å². The van der Waals surface area contributed by atoms with Gasteiger partial charge in [-0.1, -0.05) is 18.2 Å². The van der Waals surface area contributed by atoms with E-state index < -0.39 is 17.7 Å². The van der Waals surface area contributed by atoms with E-state index in [4.69, 9.17) is 9.47 Å². The third-order valence-electron chi connectivity index (χ3n) is 6.46. The molecule has 0 radical (unpaired) electrons. The Labute approximate surface area is 217 Å². The van der Waals surface area contributed by atoms with Crippen molar-refractivity contribution in [2.24, 2.45) is 0 Å². The highest BCUT2D eigenvalue weighted by Gasteiger charge is 2.37. The molecule has 4 amide bonds. The molecular weight excluding hydrogens is 484 g/mol. The van der Waals surface area contributed by atoms with E-state index in [0.29, 0.717) is 34.2 Å². The molecule has 0 atom stereocenters. The number of carbonyl (C=O) groups is 4. The molecule has 0 bridgehead atoms. The Morgan fingerprint density at radius 3 is 1.68 bits per heavy atom. The van der Waals surface area contributed by atoms with Crippen LogP contribution in [0.3, 0.4) is 0 Å².